The third-order valence-corrected chi connectivity index (χ3v) is 4.19. The molecule has 2 aromatic rings. The number of nitrogens with one attached hydrogen (secondary N) is 1. The third kappa shape index (κ3) is 6.93. The van der Waals surface area contributed by atoms with Gasteiger partial charge in [-0.25, -0.2) is 13.6 Å². The highest BCUT2D eigenvalue weighted by molar-refractivity contribution is 7.99. The largest absolute Gasteiger partial charge is 0.452 e. The molecule has 2 rings (SSSR count). The van der Waals surface area contributed by atoms with E-state index in [1.54, 1.807) is 11.8 Å². The Bertz CT molecular complexity index is 705. The van der Waals surface area contributed by atoms with Gasteiger partial charge in [0.05, 0.1) is 5.56 Å². The molecular formula is C18H17F2NO3S. The molecule has 0 fully saturated rings. The Labute approximate surface area is 148 Å². The van der Waals surface area contributed by atoms with Gasteiger partial charge in [0.15, 0.2) is 6.61 Å². The van der Waals surface area contributed by atoms with Crippen LogP contribution >= 0.6 is 11.8 Å². The molecule has 0 aromatic heterocycles. The minimum atomic E-state index is -0.951. The molecule has 2 aromatic carbocycles. The summed E-state index contributed by atoms with van der Waals surface area (Å²) < 4.78 is 30.8. The van der Waals surface area contributed by atoms with Crippen molar-refractivity contribution in [2.24, 2.45) is 0 Å². The van der Waals surface area contributed by atoms with Crippen LogP contribution in [0.15, 0.2) is 53.4 Å². The molecule has 0 aliphatic carbocycles. The number of hydrogen-bond acceptors (Lipinski definition) is 4. The van der Waals surface area contributed by atoms with Crippen LogP contribution in [0.3, 0.4) is 0 Å². The number of thioether (sulfide) groups is 1. The van der Waals surface area contributed by atoms with Crippen LogP contribution in [0.4, 0.5) is 8.78 Å². The fourth-order valence-electron chi connectivity index (χ4n) is 1.94. The quantitative estimate of drug-likeness (QED) is 0.442. The minimum Gasteiger partial charge on any atom is -0.452 e. The summed E-state index contributed by atoms with van der Waals surface area (Å²) in [5.41, 5.74) is -0.274. The number of ether oxygens (including phenoxy) is 1. The van der Waals surface area contributed by atoms with Gasteiger partial charge in [-0.05, 0) is 36.4 Å². The maximum absolute atomic E-state index is 13.0. The molecule has 1 amide bonds. The SMILES string of the molecule is O=C(COC(=O)c1cc(F)cc(F)c1)NCCCSc1ccccc1. The molecule has 0 heterocycles. The maximum Gasteiger partial charge on any atom is 0.338 e. The molecule has 0 spiro atoms. The number of rotatable bonds is 8. The van der Waals surface area contributed by atoms with Gasteiger partial charge >= 0.3 is 5.97 Å². The highest BCUT2D eigenvalue weighted by atomic mass is 32.2. The third-order valence-electron chi connectivity index (χ3n) is 3.09. The van der Waals surface area contributed by atoms with Crippen LogP contribution < -0.4 is 5.32 Å². The van der Waals surface area contributed by atoms with E-state index >= 15 is 0 Å². The van der Waals surface area contributed by atoms with E-state index in [-0.39, 0.29) is 5.56 Å². The normalized spacial score (nSPS) is 10.3. The van der Waals surface area contributed by atoms with E-state index in [0.717, 1.165) is 29.2 Å². The predicted molar refractivity (Wildman–Crippen MR) is 91.4 cm³/mol. The molecular weight excluding hydrogens is 348 g/mol. The summed E-state index contributed by atoms with van der Waals surface area (Å²) in [5, 5.41) is 2.62. The van der Waals surface area contributed by atoms with Gasteiger partial charge in [-0.2, -0.15) is 0 Å². The monoisotopic (exact) mass is 365 g/mol. The standard InChI is InChI=1S/C18H17F2NO3S/c19-14-9-13(10-15(20)11-14)18(23)24-12-17(22)21-7-4-8-25-16-5-2-1-3-6-16/h1-3,5-6,9-11H,4,7-8,12H2,(H,21,22). The average Bonchev–Trinajstić information content (AvgIpc) is 2.59. The average molecular weight is 365 g/mol. The van der Waals surface area contributed by atoms with E-state index in [4.69, 9.17) is 4.74 Å². The van der Waals surface area contributed by atoms with Crippen molar-refractivity contribution in [3.63, 3.8) is 0 Å². The molecule has 0 radical (unpaired) electrons. The number of carbonyl (C=O) groups is 2. The summed E-state index contributed by atoms with van der Waals surface area (Å²) in [5.74, 6) is -2.34. The van der Waals surface area contributed by atoms with Gasteiger partial charge in [-0.3, -0.25) is 4.79 Å². The Hall–Kier alpha value is -2.41. The van der Waals surface area contributed by atoms with Crippen molar-refractivity contribution >= 4 is 23.6 Å². The molecule has 0 aliphatic heterocycles. The zero-order chi connectivity index (χ0) is 18.1. The van der Waals surface area contributed by atoms with Gasteiger partial charge in [0, 0.05) is 17.5 Å². The number of esters is 1. The maximum atomic E-state index is 13.0. The predicted octanol–water partition coefficient (Wildman–Crippen LogP) is 3.42. The summed E-state index contributed by atoms with van der Waals surface area (Å²) in [7, 11) is 0. The van der Waals surface area contributed by atoms with E-state index in [2.05, 4.69) is 5.32 Å². The van der Waals surface area contributed by atoms with E-state index in [1.807, 2.05) is 30.3 Å². The van der Waals surface area contributed by atoms with Crippen molar-refractivity contribution in [2.75, 3.05) is 18.9 Å². The minimum absolute atomic E-state index is 0.274. The van der Waals surface area contributed by atoms with Crippen molar-refractivity contribution in [1.29, 1.82) is 0 Å². The van der Waals surface area contributed by atoms with Gasteiger partial charge in [-0.15, -0.1) is 11.8 Å². The number of hydrogen-bond donors (Lipinski definition) is 1. The molecule has 25 heavy (non-hydrogen) atoms. The molecule has 132 valence electrons. The fraction of sp³-hybridized carbons (Fsp3) is 0.222. The molecule has 0 aliphatic rings. The lowest BCUT2D eigenvalue weighted by Gasteiger charge is -2.07. The van der Waals surface area contributed by atoms with Crippen molar-refractivity contribution < 1.29 is 23.1 Å². The van der Waals surface area contributed by atoms with Gasteiger partial charge < -0.3 is 10.1 Å². The smallest absolute Gasteiger partial charge is 0.338 e. The first-order valence-electron chi connectivity index (χ1n) is 7.62. The second kappa shape index (κ2) is 9.78. The van der Waals surface area contributed by atoms with Crippen LogP contribution in [-0.2, 0) is 9.53 Å². The molecule has 7 heteroatoms. The van der Waals surface area contributed by atoms with E-state index in [0.29, 0.717) is 12.6 Å². The van der Waals surface area contributed by atoms with Crippen molar-refractivity contribution in [3.8, 4) is 0 Å². The van der Waals surface area contributed by atoms with Gasteiger partial charge in [0.25, 0.3) is 5.91 Å². The van der Waals surface area contributed by atoms with E-state index < -0.39 is 30.1 Å². The first-order valence-corrected chi connectivity index (χ1v) is 8.61. The Balaban J connectivity index is 1.62. The second-order valence-electron chi connectivity index (χ2n) is 5.10. The Morgan fingerprint density at radius 2 is 1.72 bits per heavy atom. The zero-order valence-electron chi connectivity index (χ0n) is 13.3. The van der Waals surface area contributed by atoms with Gasteiger partial charge in [0.1, 0.15) is 11.6 Å². The fourth-order valence-corrected chi connectivity index (χ4v) is 2.82. The summed E-state index contributed by atoms with van der Waals surface area (Å²) >= 11 is 1.68. The first-order chi connectivity index (χ1) is 12.0. The van der Waals surface area contributed by atoms with Crippen LogP contribution in [0.1, 0.15) is 16.8 Å². The van der Waals surface area contributed by atoms with Crippen LogP contribution in [-0.4, -0.2) is 30.8 Å². The Morgan fingerprint density at radius 1 is 1.04 bits per heavy atom. The lowest BCUT2D eigenvalue weighted by atomic mass is 10.2. The summed E-state index contributed by atoms with van der Waals surface area (Å²) in [6, 6.07) is 12.2. The highest BCUT2D eigenvalue weighted by Gasteiger charge is 2.12. The molecule has 0 atom stereocenters. The van der Waals surface area contributed by atoms with Crippen LogP contribution in [0.2, 0.25) is 0 Å². The van der Waals surface area contributed by atoms with Crippen LogP contribution in [0.5, 0.6) is 0 Å². The summed E-state index contributed by atoms with van der Waals surface area (Å²) in [6.07, 6.45) is 0.758. The molecule has 0 saturated carbocycles. The number of amides is 1. The van der Waals surface area contributed by atoms with Gasteiger partial charge in [-0.1, -0.05) is 18.2 Å². The molecule has 0 unspecified atom stereocenters. The number of benzene rings is 2. The van der Waals surface area contributed by atoms with Crippen molar-refractivity contribution in [1.82, 2.24) is 5.32 Å². The molecule has 4 nitrogen and oxygen atoms in total. The molecule has 0 saturated heterocycles. The lowest BCUT2D eigenvalue weighted by molar-refractivity contribution is -0.124. The topological polar surface area (TPSA) is 55.4 Å². The number of halogens is 2. The summed E-state index contributed by atoms with van der Waals surface area (Å²) in [4.78, 5) is 24.4. The van der Waals surface area contributed by atoms with Crippen LogP contribution in [0, 0.1) is 11.6 Å². The zero-order valence-corrected chi connectivity index (χ0v) is 14.2. The Kier molecular flexibility index (Phi) is 7.40. The van der Waals surface area contributed by atoms with Gasteiger partial charge in [0.2, 0.25) is 0 Å². The Morgan fingerprint density at radius 3 is 2.40 bits per heavy atom. The number of carbonyl (C=O) groups excluding carboxylic acids is 2. The highest BCUT2D eigenvalue weighted by Crippen LogP contribution is 2.17. The van der Waals surface area contributed by atoms with Crippen molar-refractivity contribution in [3.05, 3.63) is 65.7 Å². The first kappa shape index (κ1) is 18.9. The van der Waals surface area contributed by atoms with Crippen LogP contribution in [0.25, 0.3) is 0 Å². The molecule has 0 bridgehead atoms. The summed E-state index contributed by atoms with van der Waals surface area (Å²) in [6.45, 7) is -0.0480. The second-order valence-corrected chi connectivity index (χ2v) is 6.27. The van der Waals surface area contributed by atoms with Crippen molar-refractivity contribution in [2.45, 2.75) is 11.3 Å². The van der Waals surface area contributed by atoms with E-state index in [9.17, 15) is 18.4 Å². The molecule has 1 N–H and O–H groups in total. The van der Waals surface area contributed by atoms with E-state index in [1.165, 1.54) is 0 Å². The lowest BCUT2D eigenvalue weighted by Crippen LogP contribution is -2.29.